The van der Waals surface area contributed by atoms with Gasteiger partial charge in [0.2, 0.25) is 0 Å². The number of hydrogen-bond donors (Lipinski definition) is 0. The standard InChI is InChI=1S/C11H13F2NO3/c1-3-16-11(15)8-4-7(2)9(5-14-8)17-6-10(12)13/h4-5,10H,3,6H2,1-2H3. The topological polar surface area (TPSA) is 48.4 Å². The van der Waals surface area contributed by atoms with E-state index in [1.165, 1.54) is 12.3 Å². The average Bonchev–Trinajstić information content (AvgIpc) is 2.27. The lowest BCUT2D eigenvalue weighted by Crippen LogP contribution is -2.10. The molecule has 0 saturated heterocycles. The van der Waals surface area contributed by atoms with E-state index in [-0.39, 0.29) is 18.1 Å². The maximum absolute atomic E-state index is 11.9. The first-order valence-corrected chi connectivity index (χ1v) is 5.09. The molecule has 0 radical (unpaired) electrons. The van der Waals surface area contributed by atoms with Gasteiger partial charge in [0, 0.05) is 0 Å². The summed E-state index contributed by atoms with van der Waals surface area (Å²) in [4.78, 5) is 15.1. The maximum atomic E-state index is 11.9. The van der Waals surface area contributed by atoms with E-state index in [1.807, 2.05) is 0 Å². The van der Waals surface area contributed by atoms with Crippen molar-refractivity contribution in [3.8, 4) is 5.75 Å². The third kappa shape index (κ3) is 3.97. The molecule has 0 aliphatic heterocycles. The quantitative estimate of drug-likeness (QED) is 0.746. The molecule has 0 aliphatic carbocycles. The zero-order valence-corrected chi connectivity index (χ0v) is 9.57. The molecule has 1 rings (SSSR count). The number of nitrogens with zero attached hydrogens (tertiary/aromatic N) is 1. The third-order valence-corrected chi connectivity index (χ3v) is 1.91. The molecule has 0 amide bonds. The number of carbonyl (C=O) groups excluding carboxylic acids is 1. The molecule has 0 atom stereocenters. The molecule has 1 heterocycles. The summed E-state index contributed by atoms with van der Waals surface area (Å²) < 4.78 is 33.5. The van der Waals surface area contributed by atoms with Gasteiger partial charge >= 0.3 is 5.97 Å². The minimum absolute atomic E-state index is 0.133. The molecule has 0 spiro atoms. The lowest BCUT2D eigenvalue weighted by molar-refractivity contribution is 0.0518. The van der Waals surface area contributed by atoms with Crippen molar-refractivity contribution >= 4 is 5.97 Å². The van der Waals surface area contributed by atoms with Crippen LogP contribution < -0.4 is 4.74 Å². The Hall–Kier alpha value is -1.72. The van der Waals surface area contributed by atoms with Gasteiger partial charge in [-0.25, -0.2) is 18.6 Å². The molecule has 0 aromatic carbocycles. The van der Waals surface area contributed by atoms with E-state index >= 15 is 0 Å². The Kier molecular flexibility index (Phi) is 4.81. The largest absolute Gasteiger partial charge is 0.486 e. The molecule has 1 aromatic heterocycles. The molecular weight excluding hydrogens is 232 g/mol. The first-order valence-electron chi connectivity index (χ1n) is 5.09. The Morgan fingerprint density at radius 2 is 2.24 bits per heavy atom. The Bertz CT molecular complexity index is 396. The van der Waals surface area contributed by atoms with E-state index in [0.717, 1.165) is 0 Å². The number of ether oxygens (including phenoxy) is 2. The van der Waals surface area contributed by atoms with Crippen LogP contribution in [-0.4, -0.2) is 30.6 Å². The third-order valence-electron chi connectivity index (χ3n) is 1.91. The van der Waals surface area contributed by atoms with Gasteiger partial charge < -0.3 is 9.47 Å². The molecule has 0 aliphatic rings. The van der Waals surface area contributed by atoms with E-state index in [9.17, 15) is 13.6 Å². The monoisotopic (exact) mass is 245 g/mol. The second-order valence-corrected chi connectivity index (χ2v) is 3.26. The van der Waals surface area contributed by atoms with Gasteiger partial charge in [0.15, 0.2) is 0 Å². The number of carbonyl (C=O) groups is 1. The van der Waals surface area contributed by atoms with Crippen molar-refractivity contribution in [2.24, 2.45) is 0 Å². The average molecular weight is 245 g/mol. The van der Waals surface area contributed by atoms with Crippen molar-refractivity contribution < 1.29 is 23.0 Å². The predicted octanol–water partition coefficient (Wildman–Crippen LogP) is 2.21. The summed E-state index contributed by atoms with van der Waals surface area (Å²) in [5.74, 6) is -0.311. The molecule has 0 bridgehead atoms. The summed E-state index contributed by atoms with van der Waals surface area (Å²) in [5.41, 5.74) is 0.692. The number of rotatable bonds is 5. The predicted molar refractivity (Wildman–Crippen MR) is 56.4 cm³/mol. The fourth-order valence-corrected chi connectivity index (χ4v) is 1.16. The van der Waals surface area contributed by atoms with Gasteiger partial charge in [0.05, 0.1) is 12.8 Å². The van der Waals surface area contributed by atoms with Crippen LogP contribution in [0.5, 0.6) is 5.75 Å². The van der Waals surface area contributed by atoms with Crippen molar-refractivity contribution in [2.75, 3.05) is 13.2 Å². The Morgan fingerprint density at radius 3 is 2.76 bits per heavy atom. The first kappa shape index (κ1) is 13.3. The highest BCUT2D eigenvalue weighted by Gasteiger charge is 2.12. The molecule has 0 N–H and O–H groups in total. The maximum Gasteiger partial charge on any atom is 0.356 e. The SMILES string of the molecule is CCOC(=O)c1cc(C)c(OCC(F)F)cn1. The smallest absolute Gasteiger partial charge is 0.356 e. The molecule has 0 saturated carbocycles. The lowest BCUT2D eigenvalue weighted by atomic mass is 10.2. The number of halogens is 2. The van der Waals surface area contributed by atoms with Crippen molar-refractivity contribution in [2.45, 2.75) is 20.3 Å². The van der Waals surface area contributed by atoms with Crippen LogP contribution in [0.2, 0.25) is 0 Å². The highest BCUT2D eigenvalue weighted by molar-refractivity contribution is 5.87. The minimum atomic E-state index is -2.54. The van der Waals surface area contributed by atoms with Crippen molar-refractivity contribution in [1.82, 2.24) is 4.98 Å². The van der Waals surface area contributed by atoms with Crippen molar-refractivity contribution in [3.05, 3.63) is 23.5 Å². The molecule has 94 valence electrons. The van der Waals surface area contributed by atoms with Gasteiger partial charge in [0.1, 0.15) is 18.1 Å². The van der Waals surface area contributed by atoms with Crippen LogP contribution in [0.3, 0.4) is 0 Å². The van der Waals surface area contributed by atoms with Crippen LogP contribution in [0, 0.1) is 6.92 Å². The van der Waals surface area contributed by atoms with Crippen LogP contribution in [-0.2, 0) is 4.74 Å². The highest BCUT2D eigenvalue weighted by Crippen LogP contribution is 2.18. The Morgan fingerprint density at radius 1 is 1.53 bits per heavy atom. The fraction of sp³-hybridized carbons (Fsp3) is 0.455. The van der Waals surface area contributed by atoms with Crippen molar-refractivity contribution in [3.63, 3.8) is 0 Å². The molecule has 6 heteroatoms. The normalized spacial score (nSPS) is 10.4. The molecule has 1 aromatic rings. The number of aryl methyl sites for hydroxylation is 1. The Balaban J connectivity index is 2.75. The van der Waals surface area contributed by atoms with Crippen LogP contribution in [0.4, 0.5) is 8.78 Å². The van der Waals surface area contributed by atoms with E-state index in [1.54, 1.807) is 13.8 Å². The summed E-state index contributed by atoms with van der Waals surface area (Å²) in [5, 5.41) is 0. The number of hydrogen-bond acceptors (Lipinski definition) is 4. The summed E-state index contributed by atoms with van der Waals surface area (Å²) in [6.07, 6.45) is -1.30. The van der Waals surface area contributed by atoms with Crippen LogP contribution in [0.15, 0.2) is 12.3 Å². The van der Waals surface area contributed by atoms with E-state index in [4.69, 9.17) is 9.47 Å². The molecule has 4 nitrogen and oxygen atoms in total. The Labute approximate surface area is 97.6 Å². The van der Waals surface area contributed by atoms with Gasteiger partial charge in [-0.1, -0.05) is 0 Å². The highest BCUT2D eigenvalue weighted by atomic mass is 19.3. The molecule has 0 unspecified atom stereocenters. The number of pyridine rings is 1. The second-order valence-electron chi connectivity index (χ2n) is 3.26. The van der Waals surface area contributed by atoms with Crippen LogP contribution >= 0.6 is 0 Å². The summed E-state index contributed by atoms with van der Waals surface area (Å²) >= 11 is 0. The number of aromatic nitrogens is 1. The van der Waals surface area contributed by atoms with Gasteiger partial charge in [-0.15, -0.1) is 0 Å². The van der Waals surface area contributed by atoms with E-state index in [0.29, 0.717) is 5.56 Å². The van der Waals surface area contributed by atoms with E-state index < -0.39 is 19.0 Å². The van der Waals surface area contributed by atoms with Gasteiger partial charge in [-0.05, 0) is 25.5 Å². The van der Waals surface area contributed by atoms with Crippen molar-refractivity contribution in [1.29, 1.82) is 0 Å². The summed E-state index contributed by atoms with van der Waals surface area (Å²) in [6, 6.07) is 1.44. The lowest BCUT2D eigenvalue weighted by Gasteiger charge is -2.09. The fourth-order valence-electron chi connectivity index (χ4n) is 1.16. The van der Waals surface area contributed by atoms with Gasteiger partial charge in [-0.3, -0.25) is 0 Å². The van der Waals surface area contributed by atoms with Crippen LogP contribution in [0.25, 0.3) is 0 Å². The van der Waals surface area contributed by atoms with Gasteiger partial charge in [0.25, 0.3) is 6.43 Å². The molecule has 0 fully saturated rings. The first-order chi connectivity index (χ1) is 8.04. The second kappa shape index (κ2) is 6.12. The number of esters is 1. The summed E-state index contributed by atoms with van der Waals surface area (Å²) in [7, 11) is 0. The van der Waals surface area contributed by atoms with Gasteiger partial charge in [-0.2, -0.15) is 0 Å². The molecular formula is C11H13F2NO3. The minimum Gasteiger partial charge on any atom is -0.486 e. The summed E-state index contributed by atoms with van der Waals surface area (Å²) in [6.45, 7) is 2.89. The zero-order chi connectivity index (χ0) is 12.8. The zero-order valence-electron chi connectivity index (χ0n) is 9.57. The van der Waals surface area contributed by atoms with E-state index in [2.05, 4.69) is 4.98 Å². The molecule has 17 heavy (non-hydrogen) atoms. The van der Waals surface area contributed by atoms with Crippen LogP contribution in [0.1, 0.15) is 23.0 Å². The number of alkyl halides is 2.